The zero-order valence-corrected chi connectivity index (χ0v) is 6.06. The van der Waals surface area contributed by atoms with E-state index < -0.39 is 12.5 Å². The first kappa shape index (κ1) is 6.80. The van der Waals surface area contributed by atoms with Gasteiger partial charge in [-0.15, -0.1) is 0 Å². The zero-order valence-electron chi connectivity index (χ0n) is 5.16. The van der Waals surface area contributed by atoms with Crippen LogP contribution in [-0.4, -0.2) is 16.7 Å². The zero-order chi connectivity index (χ0) is 7.12. The average Bonchev–Trinajstić information content (AvgIpc) is 2.40. The Morgan fingerprint density at radius 2 is 2.22 bits per heavy atom. The van der Waals surface area contributed by atoms with Crippen molar-refractivity contribution in [2.75, 3.05) is 6.66 Å². The first-order chi connectivity index (χ1) is 4.02. The Hall–Kier alpha value is -0.320. The Bertz CT molecular complexity index is 207. The normalized spacial score (nSPS) is 28.1. The third-order valence-corrected chi connectivity index (χ3v) is 3.86. The van der Waals surface area contributed by atoms with Crippen LogP contribution in [0.2, 0.25) is 0 Å². The predicted molar refractivity (Wildman–Crippen MR) is 33.3 cm³/mol. The van der Waals surface area contributed by atoms with Crippen LogP contribution in [0, 0.1) is 11.3 Å². The lowest BCUT2D eigenvalue weighted by molar-refractivity contribution is 0.476. The fourth-order valence-electron chi connectivity index (χ4n) is 0.738. The van der Waals surface area contributed by atoms with Crippen LogP contribution in [0.4, 0.5) is 0 Å². The van der Waals surface area contributed by atoms with Crippen molar-refractivity contribution in [1.82, 2.24) is 0 Å². The topological polar surface area (TPSA) is 61.1 Å². The van der Waals surface area contributed by atoms with Crippen LogP contribution in [-0.2, 0) is 4.57 Å². The summed E-state index contributed by atoms with van der Waals surface area (Å²) in [5.41, 5.74) is 0. The molecular weight excluding hydrogens is 137 g/mol. The van der Waals surface area contributed by atoms with Gasteiger partial charge in [-0.3, -0.25) is 4.57 Å². The van der Waals surface area contributed by atoms with Gasteiger partial charge in [0.25, 0.3) is 0 Å². The minimum absolute atomic E-state index is 0.591. The summed E-state index contributed by atoms with van der Waals surface area (Å²) in [7, 11) is -3.12. The molecule has 0 heterocycles. The molecule has 0 aromatic carbocycles. The quantitative estimate of drug-likeness (QED) is 0.558. The second kappa shape index (κ2) is 1.59. The van der Waals surface area contributed by atoms with Gasteiger partial charge in [-0.25, -0.2) is 0 Å². The summed E-state index contributed by atoms with van der Waals surface area (Å²) in [6, 6.07) is 1.88. The smallest absolute Gasteiger partial charge is 0.217 e. The van der Waals surface area contributed by atoms with Crippen molar-refractivity contribution in [2.24, 2.45) is 0 Å². The summed E-state index contributed by atoms with van der Waals surface area (Å²) in [4.78, 5) is 8.94. The molecule has 4 heteroatoms. The van der Waals surface area contributed by atoms with Gasteiger partial charge in [-0.2, -0.15) is 5.26 Å². The molecule has 1 N–H and O–H groups in total. The Kier molecular flexibility index (Phi) is 1.20. The summed E-state index contributed by atoms with van der Waals surface area (Å²) >= 11 is 0. The third-order valence-electron chi connectivity index (χ3n) is 1.73. The molecule has 0 bridgehead atoms. The van der Waals surface area contributed by atoms with Gasteiger partial charge in [0.2, 0.25) is 7.37 Å². The molecule has 1 aliphatic rings. The fourth-order valence-corrected chi connectivity index (χ4v) is 1.87. The number of nitrogens with zero attached hydrogens (tertiary/aromatic N) is 1. The second-order valence-electron chi connectivity index (χ2n) is 2.52. The lowest BCUT2D eigenvalue weighted by atomic mass is 10.5. The minimum Gasteiger partial charge on any atom is -0.343 e. The Morgan fingerprint density at radius 1 is 1.78 bits per heavy atom. The summed E-state index contributed by atoms with van der Waals surface area (Å²) in [6.07, 6.45) is 1.18. The van der Waals surface area contributed by atoms with Gasteiger partial charge in [0.1, 0.15) is 5.16 Å². The lowest BCUT2D eigenvalue weighted by Gasteiger charge is -2.07. The fraction of sp³-hybridized carbons (Fsp3) is 0.800. The van der Waals surface area contributed by atoms with Gasteiger partial charge in [-0.05, 0) is 12.8 Å². The van der Waals surface area contributed by atoms with Gasteiger partial charge in [0, 0.05) is 6.66 Å². The van der Waals surface area contributed by atoms with Crippen LogP contribution in [0.15, 0.2) is 0 Å². The van der Waals surface area contributed by atoms with Crippen molar-refractivity contribution >= 4 is 7.37 Å². The van der Waals surface area contributed by atoms with Gasteiger partial charge in [0.15, 0.2) is 0 Å². The molecule has 0 aromatic heterocycles. The lowest BCUT2D eigenvalue weighted by Crippen LogP contribution is -2.03. The Labute approximate surface area is 53.8 Å². The number of rotatable bonds is 1. The molecule has 1 fully saturated rings. The highest BCUT2D eigenvalue weighted by Gasteiger charge is 2.55. The van der Waals surface area contributed by atoms with Crippen molar-refractivity contribution in [3.63, 3.8) is 0 Å². The van der Waals surface area contributed by atoms with Crippen LogP contribution in [0.25, 0.3) is 0 Å². The van der Waals surface area contributed by atoms with E-state index in [0.29, 0.717) is 12.8 Å². The maximum atomic E-state index is 10.9. The van der Waals surface area contributed by atoms with E-state index in [2.05, 4.69) is 0 Å². The molecular formula is C5H8NO2P. The minimum atomic E-state index is -3.12. The van der Waals surface area contributed by atoms with Crippen LogP contribution < -0.4 is 0 Å². The molecule has 9 heavy (non-hydrogen) atoms. The predicted octanol–water partition coefficient (Wildman–Crippen LogP) is 0.943. The first-order valence-corrected chi connectivity index (χ1v) is 4.84. The molecule has 50 valence electrons. The van der Waals surface area contributed by atoms with E-state index in [1.807, 2.05) is 6.07 Å². The summed E-state index contributed by atoms with van der Waals surface area (Å²) in [5, 5.41) is 7.56. The van der Waals surface area contributed by atoms with Crippen LogP contribution in [0.1, 0.15) is 12.8 Å². The molecule has 1 rings (SSSR count). The van der Waals surface area contributed by atoms with Crippen molar-refractivity contribution in [2.45, 2.75) is 18.0 Å². The first-order valence-electron chi connectivity index (χ1n) is 2.73. The van der Waals surface area contributed by atoms with E-state index in [1.54, 1.807) is 0 Å². The molecule has 1 saturated carbocycles. The van der Waals surface area contributed by atoms with Crippen LogP contribution in [0.3, 0.4) is 0 Å². The molecule has 1 aliphatic carbocycles. The second-order valence-corrected chi connectivity index (χ2v) is 5.14. The standard InChI is InChI=1S/C5H8NO2P/c1-9(7,8)5(4-6)2-3-5/h2-3H2,1H3,(H,7,8). The van der Waals surface area contributed by atoms with Gasteiger partial charge >= 0.3 is 0 Å². The van der Waals surface area contributed by atoms with Crippen LogP contribution >= 0.6 is 7.37 Å². The SMILES string of the molecule is CP(=O)(O)C1(C#N)CC1. The van der Waals surface area contributed by atoms with E-state index in [1.165, 1.54) is 6.66 Å². The molecule has 0 aromatic rings. The van der Waals surface area contributed by atoms with E-state index >= 15 is 0 Å². The van der Waals surface area contributed by atoms with Gasteiger partial charge in [0.05, 0.1) is 6.07 Å². The summed E-state index contributed by atoms with van der Waals surface area (Å²) in [5.74, 6) is 0. The Balaban J connectivity index is 2.88. The Morgan fingerprint density at radius 3 is 2.22 bits per heavy atom. The number of hydrogen-bond donors (Lipinski definition) is 1. The van der Waals surface area contributed by atoms with Gasteiger partial charge < -0.3 is 4.89 Å². The van der Waals surface area contributed by atoms with Crippen molar-refractivity contribution < 1.29 is 9.46 Å². The largest absolute Gasteiger partial charge is 0.343 e. The average molecular weight is 145 g/mol. The molecule has 1 unspecified atom stereocenters. The summed E-state index contributed by atoms with van der Waals surface area (Å²) in [6.45, 7) is 1.25. The molecule has 0 spiro atoms. The molecule has 3 nitrogen and oxygen atoms in total. The van der Waals surface area contributed by atoms with Crippen molar-refractivity contribution in [3.8, 4) is 6.07 Å². The van der Waals surface area contributed by atoms with E-state index in [-0.39, 0.29) is 0 Å². The maximum Gasteiger partial charge on any atom is 0.217 e. The highest BCUT2D eigenvalue weighted by molar-refractivity contribution is 7.59. The molecule has 0 aliphatic heterocycles. The van der Waals surface area contributed by atoms with E-state index in [9.17, 15) is 4.57 Å². The highest BCUT2D eigenvalue weighted by Crippen LogP contribution is 2.64. The van der Waals surface area contributed by atoms with E-state index in [0.717, 1.165) is 0 Å². The summed E-state index contributed by atoms with van der Waals surface area (Å²) < 4.78 is 10.9. The molecule has 0 radical (unpaired) electrons. The van der Waals surface area contributed by atoms with E-state index in [4.69, 9.17) is 10.2 Å². The highest BCUT2D eigenvalue weighted by atomic mass is 31.2. The molecule has 1 atom stereocenters. The number of hydrogen-bond acceptors (Lipinski definition) is 2. The molecule has 0 amide bonds. The molecule has 0 saturated heterocycles. The number of nitriles is 1. The van der Waals surface area contributed by atoms with Crippen molar-refractivity contribution in [1.29, 1.82) is 5.26 Å². The van der Waals surface area contributed by atoms with Gasteiger partial charge in [-0.1, -0.05) is 0 Å². The van der Waals surface area contributed by atoms with Crippen LogP contribution in [0.5, 0.6) is 0 Å². The van der Waals surface area contributed by atoms with Crippen molar-refractivity contribution in [3.05, 3.63) is 0 Å². The monoisotopic (exact) mass is 145 g/mol. The maximum absolute atomic E-state index is 10.9. The third kappa shape index (κ3) is 0.891.